The smallest absolute Gasteiger partial charge is 0.351 e. The van der Waals surface area contributed by atoms with Crippen molar-refractivity contribution in [3.05, 3.63) is 35.4 Å². The van der Waals surface area contributed by atoms with Crippen LogP contribution in [0.5, 0.6) is 0 Å². The van der Waals surface area contributed by atoms with Crippen LogP contribution in [-0.4, -0.2) is 44.1 Å². The summed E-state index contributed by atoms with van der Waals surface area (Å²) in [6, 6.07) is 7.65. The molecule has 1 unspecified atom stereocenters. The van der Waals surface area contributed by atoms with Crippen molar-refractivity contribution in [1.29, 1.82) is 0 Å². The van der Waals surface area contributed by atoms with E-state index in [4.69, 9.17) is 14.2 Å². The second-order valence-electron chi connectivity index (χ2n) is 4.73. The van der Waals surface area contributed by atoms with E-state index in [-0.39, 0.29) is 6.61 Å². The summed E-state index contributed by atoms with van der Waals surface area (Å²) in [5.74, 6) is -0.770. The fourth-order valence-electron chi connectivity index (χ4n) is 2.35. The number of benzene rings is 1. The van der Waals surface area contributed by atoms with Gasteiger partial charge in [-0.15, -0.1) is 11.8 Å². The summed E-state index contributed by atoms with van der Waals surface area (Å²) in [5.41, 5.74) is 0.185. The highest BCUT2D eigenvalue weighted by Gasteiger charge is 2.58. The molecule has 0 aliphatic carbocycles. The summed E-state index contributed by atoms with van der Waals surface area (Å²) in [7, 11) is 2.48. The first-order chi connectivity index (χ1) is 10.1. The number of hydrogen-bond donors (Lipinski definition) is 0. The fraction of sp³-hybridized carbons (Fsp3) is 0.467. The molecule has 0 bridgehead atoms. The zero-order chi connectivity index (χ0) is 15.5. The maximum Gasteiger partial charge on any atom is 0.351 e. The molecule has 0 aromatic heterocycles. The van der Waals surface area contributed by atoms with Crippen LogP contribution in [0, 0.1) is 6.92 Å². The third-order valence-corrected chi connectivity index (χ3v) is 4.76. The van der Waals surface area contributed by atoms with Gasteiger partial charge in [0.25, 0.3) is 5.60 Å². The van der Waals surface area contributed by atoms with Crippen LogP contribution in [0.2, 0.25) is 0 Å². The monoisotopic (exact) mass is 310 g/mol. The summed E-state index contributed by atoms with van der Waals surface area (Å²) in [6.45, 7) is 2.26. The number of carbonyl (C=O) groups is 2. The minimum Gasteiger partial charge on any atom is -0.466 e. The van der Waals surface area contributed by atoms with Gasteiger partial charge in [-0.3, -0.25) is 0 Å². The average molecular weight is 310 g/mol. The first kappa shape index (κ1) is 15.9. The molecule has 1 aromatic carbocycles. The van der Waals surface area contributed by atoms with Gasteiger partial charge in [-0.25, -0.2) is 9.59 Å². The zero-order valence-corrected chi connectivity index (χ0v) is 13.1. The van der Waals surface area contributed by atoms with Crippen LogP contribution in [0.3, 0.4) is 0 Å². The largest absolute Gasteiger partial charge is 0.466 e. The second kappa shape index (κ2) is 6.49. The molecule has 1 aliphatic rings. The molecule has 1 heterocycles. The Kier molecular flexibility index (Phi) is 4.90. The molecule has 2 rings (SSSR count). The normalized spacial score (nSPS) is 20.6. The number of thioether (sulfide) groups is 1. The Hall–Kier alpha value is -1.53. The van der Waals surface area contributed by atoms with Crippen molar-refractivity contribution in [2.45, 2.75) is 17.8 Å². The molecule has 0 amide bonds. The van der Waals surface area contributed by atoms with E-state index in [0.29, 0.717) is 5.75 Å². The number of esters is 2. The van der Waals surface area contributed by atoms with Crippen LogP contribution in [0.25, 0.3) is 0 Å². The molecule has 1 aliphatic heterocycles. The SMILES string of the molecule is COC(=O)C1(C(=O)OC)OCCSC1c1ccc(C)cc1. The standard InChI is InChI=1S/C15H18O5S/c1-10-4-6-11(7-5-10)12-15(13(16)18-2,14(17)19-3)20-8-9-21-12/h4-7,12H,8-9H2,1-3H3. The van der Waals surface area contributed by atoms with E-state index >= 15 is 0 Å². The van der Waals surface area contributed by atoms with E-state index in [2.05, 4.69) is 0 Å². The van der Waals surface area contributed by atoms with Gasteiger partial charge in [0, 0.05) is 5.75 Å². The lowest BCUT2D eigenvalue weighted by atomic mass is 9.92. The van der Waals surface area contributed by atoms with E-state index in [9.17, 15) is 9.59 Å². The van der Waals surface area contributed by atoms with Crippen LogP contribution < -0.4 is 0 Å². The van der Waals surface area contributed by atoms with Gasteiger partial charge in [0.05, 0.1) is 26.1 Å². The van der Waals surface area contributed by atoms with Gasteiger partial charge in [-0.05, 0) is 12.5 Å². The highest BCUT2D eigenvalue weighted by molar-refractivity contribution is 7.99. The van der Waals surface area contributed by atoms with Gasteiger partial charge in [-0.2, -0.15) is 0 Å². The molecule has 21 heavy (non-hydrogen) atoms. The molecule has 0 spiro atoms. The molecule has 5 nitrogen and oxygen atoms in total. The van der Waals surface area contributed by atoms with Gasteiger partial charge in [0.2, 0.25) is 0 Å². The number of carbonyl (C=O) groups excluding carboxylic acids is 2. The van der Waals surface area contributed by atoms with E-state index in [1.54, 1.807) is 0 Å². The lowest BCUT2D eigenvalue weighted by molar-refractivity contribution is -0.188. The number of rotatable bonds is 3. The maximum atomic E-state index is 12.3. The van der Waals surface area contributed by atoms with E-state index in [1.165, 1.54) is 26.0 Å². The first-order valence-corrected chi connectivity index (χ1v) is 7.60. The Bertz CT molecular complexity index is 509. The van der Waals surface area contributed by atoms with Crippen molar-refractivity contribution in [1.82, 2.24) is 0 Å². The zero-order valence-electron chi connectivity index (χ0n) is 12.3. The predicted molar refractivity (Wildman–Crippen MR) is 79.1 cm³/mol. The number of ether oxygens (including phenoxy) is 3. The Labute approximate surface area is 127 Å². The molecular formula is C15H18O5S. The van der Waals surface area contributed by atoms with Crippen molar-refractivity contribution in [3.8, 4) is 0 Å². The number of hydrogen-bond acceptors (Lipinski definition) is 6. The van der Waals surface area contributed by atoms with E-state index in [1.807, 2.05) is 31.2 Å². The van der Waals surface area contributed by atoms with Crippen LogP contribution in [-0.2, 0) is 23.8 Å². The van der Waals surface area contributed by atoms with Crippen molar-refractivity contribution in [2.24, 2.45) is 0 Å². The fourth-order valence-corrected chi connectivity index (χ4v) is 3.61. The topological polar surface area (TPSA) is 61.8 Å². The molecule has 114 valence electrons. The van der Waals surface area contributed by atoms with Crippen LogP contribution >= 0.6 is 11.8 Å². The van der Waals surface area contributed by atoms with Gasteiger partial charge < -0.3 is 14.2 Å². The highest BCUT2D eigenvalue weighted by Crippen LogP contribution is 2.45. The third kappa shape index (κ3) is 2.78. The number of aryl methyl sites for hydroxylation is 1. The van der Waals surface area contributed by atoms with Crippen LogP contribution in [0.4, 0.5) is 0 Å². The molecule has 1 atom stereocenters. The third-order valence-electron chi connectivity index (χ3n) is 3.42. The summed E-state index contributed by atoms with van der Waals surface area (Å²) >= 11 is 1.49. The second-order valence-corrected chi connectivity index (χ2v) is 5.94. The van der Waals surface area contributed by atoms with Gasteiger partial charge >= 0.3 is 11.9 Å². The Morgan fingerprint density at radius 3 is 2.29 bits per heavy atom. The van der Waals surface area contributed by atoms with Crippen molar-refractivity contribution in [2.75, 3.05) is 26.6 Å². The van der Waals surface area contributed by atoms with Gasteiger partial charge in [0.15, 0.2) is 0 Å². The molecule has 0 N–H and O–H groups in total. The Balaban J connectivity index is 2.50. The molecule has 1 fully saturated rings. The predicted octanol–water partition coefficient (Wildman–Crippen LogP) is 1.88. The molecule has 6 heteroatoms. The van der Waals surface area contributed by atoms with E-state index < -0.39 is 22.8 Å². The number of methoxy groups -OCH3 is 2. The quantitative estimate of drug-likeness (QED) is 0.627. The summed E-state index contributed by atoms with van der Waals surface area (Å²) in [5, 5.41) is -0.494. The summed E-state index contributed by atoms with van der Waals surface area (Å²) in [6.07, 6.45) is 0. The van der Waals surface area contributed by atoms with Crippen molar-refractivity contribution in [3.63, 3.8) is 0 Å². The lowest BCUT2D eigenvalue weighted by Crippen LogP contribution is -2.56. The molecule has 1 aromatic rings. The minimum absolute atomic E-state index is 0.289. The van der Waals surface area contributed by atoms with Gasteiger partial charge in [0.1, 0.15) is 0 Å². The minimum atomic E-state index is -1.75. The Morgan fingerprint density at radius 1 is 1.19 bits per heavy atom. The molecule has 0 saturated carbocycles. The van der Waals surface area contributed by atoms with Gasteiger partial charge in [-0.1, -0.05) is 29.8 Å². The molecular weight excluding hydrogens is 292 g/mol. The first-order valence-electron chi connectivity index (χ1n) is 6.55. The Morgan fingerprint density at radius 2 is 1.76 bits per heavy atom. The highest BCUT2D eigenvalue weighted by atomic mass is 32.2. The molecule has 1 saturated heterocycles. The molecule has 0 radical (unpaired) electrons. The van der Waals surface area contributed by atoms with Crippen LogP contribution in [0.15, 0.2) is 24.3 Å². The lowest BCUT2D eigenvalue weighted by Gasteiger charge is -2.38. The van der Waals surface area contributed by atoms with Crippen LogP contribution in [0.1, 0.15) is 16.4 Å². The summed E-state index contributed by atoms with van der Waals surface area (Å²) in [4.78, 5) is 24.6. The average Bonchev–Trinajstić information content (AvgIpc) is 2.54. The van der Waals surface area contributed by atoms with E-state index in [0.717, 1.165) is 11.1 Å². The summed E-state index contributed by atoms with van der Waals surface area (Å²) < 4.78 is 15.2. The van der Waals surface area contributed by atoms with Crippen molar-refractivity contribution >= 4 is 23.7 Å². The maximum absolute atomic E-state index is 12.3. The van der Waals surface area contributed by atoms with Crippen molar-refractivity contribution < 1.29 is 23.8 Å².